The van der Waals surface area contributed by atoms with Gasteiger partial charge in [0.15, 0.2) is 0 Å². The summed E-state index contributed by atoms with van der Waals surface area (Å²) in [7, 11) is 4.25. The van der Waals surface area contributed by atoms with Crippen LogP contribution in [0.5, 0.6) is 0 Å². The molecule has 1 nitrogen and oxygen atoms in total. The molecule has 0 aliphatic heterocycles. The Morgan fingerprint density at radius 1 is 1.13 bits per heavy atom. The zero-order chi connectivity index (χ0) is 11.6. The van der Waals surface area contributed by atoms with Crippen LogP contribution in [0.15, 0.2) is 24.3 Å². The minimum absolute atomic E-state index is 0.102. The Morgan fingerprint density at radius 3 is 2.20 bits per heavy atom. The van der Waals surface area contributed by atoms with Gasteiger partial charge in [-0.05, 0) is 45.0 Å². The largest absolute Gasteiger partial charge is 0.300 e. The third kappa shape index (κ3) is 2.60. The SMILES string of the molecule is CC(C)c1cccc(C(C)(C)N(C)C)c1. The Kier molecular flexibility index (Phi) is 3.56. The molecule has 0 spiro atoms. The first kappa shape index (κ1) is 12.3. The summed E-state index contributed by atoms with van der Waals surface area (Å²) < 4.78 is 0. The monoisotopic (exact) mass is 205 g/mol. The Labute approximate surface area is 94.1 Å². The number of benzene rings is 1. The molecule has 0 saturated heterocycles. The highest BCUT2D eigenvalue weighted by Gasteiger charge is 2.23. The Hall–Kier alpha value is -0.820. The highest BCUT2D eigenvalue weighted by Crippen LogP contribution is 2.27. The molecular formula is C14H23N. The van der Waals surface area contributed by atoms with Crippen molar-refractivity contribution in [3.05, 3.63) is 35.4 Å². The molecule has 84 valence electrons. The second-order valence-electron chi connectivity index (χ2n) is 5.23. The van der Waals surface area contributed by atoms with Crippen molar-refractivity contribution in [1.82, 2.24) is 4.90 Å². The lowest BCUT2D eigenvalue weighted by Crippen LogP contribution is -2.35. The van der Waals surface area contributed by atoms with E-state index in [1.165, 1.54) is 11.1 Å². The fourth-order valence-electron chi connectivity index (χ4n) is 1.54. The second kappa shape index (κ2) is 4.36. The van der Waals surface area contributed by atoms with Crippen LogP contribution >= 0.6 is 0 Å². The molecule has 1 aromatic carbocycles. The normalized spacial score (nSPS) is 12.5. The molecule has 15 heavy (non-hydrogen) atoms. The van der Waals surface area contributed by atoms with E-state index in [0.29, 0.717) is 5.92 Å². The summed E-state index contributed by atoms with van der Waals surface area (Å²) in [5.41, 5.74) is 2.91. The van der Waals surface area contributed by atoms with E-state index in [4.69, 9.17) is 0 Å². The van der Waals surface area contributed by atoms with Gasteiger partial charge in [0.25, 0.3) is 0 Å². The molecule has 0 radical (unpaired) electrons. The van der Waals surface area contributed by atoms with E-state index in [0.717, 1.165) is 0 Å². The van der Waals surface area contributed by atoms with Crippen LogP contribution in [0.1, 0.15) is 44.7 Å². The van der Waals surface area contributed by atoms with Crippen LogP contribution in [-0.2, 0) is 5.54 Å². The lowest BCUT2D eigenvalue weighted by molar-refractivity contribution is 0.197. The van der Waals surface area contributed by atoms with Gasteiger partial charge >= 0.3 is 0 Å². The average Bonchev–Trinajstić information content (AvgIpc) is 2.17. The molecule has 0 heterocycles. The van der Waals surface area contributed by atoms with Gasteiger partial charge in [-0.2, -0.15) is 0 Å². The van der Waals surface area contributed by atoms with Crippen molar-refractivity contribution < 1.29 is 0 Å². The first-order valence-corrected chi connectivity index (χ1v) is 5.63. The Bertz CT molecular complexity index is 324. The van der Waals surface area contributed by atoms with Crippen molar-refractivity contribution in [2.24, 2.45) is 0 Å². The van der Waals surface area contributed by atoms with E-state index in [1.54, 1.807) is 0 Å². The van der Waals surface area contributed by atoms with Crippen LogP contribution in [0.2, 0.25) is 0 Å². The van der Waals surface area contributed by atoms with Gasteiger partial charge in [-0.15, -0.1) is 0 Å². The molecule has 0 unspecified atom stereocenters. The molecule has 0 fully saturated rings. The predicted molar refractivity (Wildman–Crippen MR) is 67.2 cm³/mol. The fraction of sp³-hybridized carbons (Fsp3) is 0.571. The maximum Gasteiger partial charge on any atom is 0.0398 e. The Morgan fingerprint density at radius 2 is 1.73 bits per heavy atom. The van der Waals surface area contributed by atoms with Gasteiger partial charge in [0.1, 0.15) is 0 Å². The van der Waals surface area contributed by atoms with Crippen molar-refractivity contribution in [3.8, 4) is 0 Å². The van der Waals surface area contributed by atoms with Crippen LogP contribution in [0.25, 0.3) is 0 Å². The van der Waals surface area contributed by atoms with Gasteiger partial charge in [-0.1, -0.05) is 38.1 Å². The molecule has 0 bridgehead atoms. The summed E-state index contributed by atoms with van der Waals surface area (Å²) in [5.74, 6) is 0.600. The molecule has 0 aliphatic rings. The average molecular weight is 205 g/mol. The molecular weight excluding hydrogens is 182 g/mol. The molecule has 1 heteroatoms. The summed E-state index contributed by atoms with van der Waals surface area (Å²) >= 11 is 0. The van der Waals surface area contributed by atoms with Crippen molar-refractivity contribution in [2.75, 3.05) is 14.1 Å². The standard InChI is InChI=1S/C14H23N/c1-11(2)12-8-7-9-13(10-12)14(3,4)15(5)6/h7-11H,1-6H3. The van der Waals surface area contributed by atoms with Gasteiger partial charge in [0.05, 0.1) is 0 Å². The van der Waals surface area contributed by atoms with E-state index in [-0.39, 0.29) is 5.54 Å². The lowest BCUT2D eigenvalue weighted by atomic mass is 9.89. The molecule has 0 aliphatic carbocycles. The maximum atomic E-state index is 2.32. The van der Waals surface area contributed by atoms with Crippen molar-refractivity contribution >= 4 is 0 Å². The molecule has 0 N–H and O–H groups in total. The third-order valence-corrected chi connectivity index (χ3v) is 3.38. The summed E-state index contributed by atoms with van der Waals surface area (Å²) in [6.07, 6.45) is 0. The molecule has 0 saturated carbocycles. The van der Waals surface area contributed by atoms with Crippen LogP contribution in [-0.4, -0.2) is 19.0 Å². The summed E-state index contributed by atoms with van der Waals surface area (Å²) in [4.78, 5) is 2.26. The topological polar surface area (TPSA) is 3.24 Å². The zero-order valence-electron chi connectivity index (χ0n) is 10.8. The molecule has 0 atom stereocenters. The number of rotatable bonds is 3. The van der Waals surface area contributed by atoms with Crippen LogP contribution in [0.3, 0.4) is 0 Å². The first-order valence-electron chi connectivity index (χ1n) is 5.63. The molecule has 0 amide bonds. The predicted octanol–water partition coefficient (Wildman–Crippen LogP) is 3.61. The van der Waals surface area contributed by atoms with E-state index in [1.807, 2.05) is 0 Å². The highest BCUT2D eigenvalue weighted by atomic mass is 15.1. The van der Waals surface area contributed by atoms with Crippen LogP contribution < -0.4 is 0 Å². The van der Waals surface area contributed by atoms with Crippen LogP contribution in [0.4, 0.5) is 0 Å². The minimum atomic E-state index is 0.102. The van der Waals surface area contributed by atoms with Crippen LogP contribution in [0, 0.1) is 0 Å². The third-order valence-electron chi connectivity index (χ3n) is 3.38. The van der Waals surface area contributed by atoms with Gasteiger partial charge in [-0.25, -0.2) is 0 Å². The minimum Gasteiger partial charge on any atom is -0.300 e. The van der Waals surface area contributed by atoms with Crippen molar-refractivity contribution in [1.29, 1.82) is 0 Å². The van der Waals surface area contributed by atoms with E-state index in [2.05, 4.69) is 71.0 Å². The molecule has 1 aromatic rings. The molecule has 1 rings (SSSR count). The van der Waals surface area contributed by atoms with Crippen molar-refractivity contribution in [3.63, 3.8) is 0 Å². The van der Waals surface area contributed by atoms with Crippen molar-refractivity contribution in [2.45, 2.75) is 39.2 Å². The second-order valence-corrected chi connectivity index (χ2v) is 5.23. The quantitative estimate of drug-likeness (QED) is 0.728. The summed E-state index contributed by atoms with van der Waals surface area (Å²) in [6, 6.07) is 8.91. The number of hydrogen-bond donors (Lipinski definition) is 0. The van der Waals surface area contributed by atoms with Gasteiger partial charge < -0.3 is 4.90 Å². The van der Waals surface area contributed by atoms with E-state index in [9.17, 15) is 0 Å². The van der Waals surface area contributed by atoms with Gasteiger partial charge in [-0.3, -0.25) is 0 Å². The number of nitrogens with zero attached hydrogens (tertiary/aromatic N) is 1. The van der Waals surface area contributed by atoms with Gasteiger partial charge in [0.2, 0.25) is 0 Å². The fourth-order valence-corrected chi connectivity index (χ4v) is 1.54. The van der Waals surface area contributed by atoms with E-state index >= 15 is 0 Å². The maximum absolute atomic E-state index is 2.32. The first-order chi connectivity index (χ1) is 6.85. The summed E-state index contributed by atoms with van der Waals surface area (Å²) in [6.45, 7) is 8.99. The smallest absolute Gasteiger partial charge is 0.0398 e. The summed E-state index contributed by atoms with van der Waals surface area (Å²) in [5, 5.41) is 0. The lowest BCUT2D eigenvalue weighted by Gasteiger charge is -2.33. The highest BCUT2D eigenvalue weighted by molar-refractivity contribution is 5.30. The Balaban J connectivity index is 3.10. The number of hydrogen-bond acceptors (Lipinski definition) is 1. The molecule has 0 aromatic heterocycles. The zero-order valence-corrected chi connectivity index (χ0v) is 10.8. The van der Waals surface area contributed by atoms with E-state index < -0.39 is 0 Å². The van der Waals surface area contributed by atoms with Gasteiger partial charge in [0, 0.05) is 5.54 Å².